The zero-order valence-corrected chi connectivity index (χ0v) is 17.4. The lowest BCUT2D eigenvalue weighted by Crippen LogP contribution is -2.36. The summed E-state index contributed by atoms with van der Waals surface area (Å²) in [5, 5.41) is 0. The van der Waals surface area contributed by atoms with Crippen molar-refractivity contribution in [1.29, 1.82) is 0 Å². The van der Waals surface area contributed by atoms with Gasteiger partial charge in [0.05, 0.1) is 19.3 Å². The van der Waals surface area contributed by atoms with E-state index in [1.807, 2.05) is 0 Å². The van der Waals surface area contributed by atoms with Crippen molar-refractivity contribution in [1.82, 2.24) is 0 Å². The molecular weight excluding hydrogens is 324 g/mol. The molecule has 5 atom stereocenters. The topological polar surface area (TPSA) is 27.7 Å². The summed E-state index contributed by atoms with van der Waals surface area (Å²) < 4.78 is 18.5. The Bertz CT molecular complexity index is 610. The summed E-state index contributed by atoms with van der Waals surface area (Å²) in [6.45, 7) is 14.7. The third-order valence-corrected chi connectivity index (χ3v) is 6.56. The van der Waals surface area contributed by atoms with Crippen LogP contribution in [0.15, 0.2) is 12.1 Å². The number of aryl methyl sites for hydroxylation is 1. The average molecular weight is 361 g/mol. The minimum atomic E-state index is -0.255. The fourth-order valence-corrected chi connectivity index (χ4v) is 4.47. The molecule has 1 aliphatic heterocycles. The van der Waals surface area contributed by atoms with Gasteiger partial charge >= 0.3 is 0 Å². The number of ether oxygens (including phenoxy) is 3. The smallest absolute Gasteiger partial charge is 0.184 e. The quantitative estimate of drug-likeness (QED) is 0.693. The molecule has 26 heavy (non-hydrogen) atoms. The first kappa shape index (κ1) is 19.9. The van der Waals surface area contributed by atoms with Gasteiger partial charge in [-0.2, -0.15) is 0 Å². The van der Waals surface area contributed by atoms with Gasteiger partial charge in [-0.1, -0.05) is 39.3 Å². The van der Waals surface area contributed by atoms with Crippen LogP contribution in [0.25, 0.3) is 0 Å². The third-order valence-electron chi connectivity index (χ3n) is 6.56. The molecular formula is C23H36O3. The van der Waals surface area contributed by atoms with E-state index in [1.54, 1.807) is 0 Å². The van der Waals surface area contributed by atoms with E-state index in [9.17, 15) is 0 Å². The maximum absolute atomic E-state index is 6.36. The van der Waals surface area contributed by atoms with Crippen molar-refractivity contribution in [3.05, 3.63) is 34.4 Å². The molecule has 1 saturated heterocycles. The zero-order valence-electron chi connectivity index (χ0n) is 17.4. The molecule has 0 spiro atoms. The Hall–Kier alpha value is -0.900. The fourth-order valence-electron chi connectivity index (χ4n) is 4.47. The maximum atomic E-state index is 6.36. The Balaban J connectivity index is 1.57. The summed E-state index contributed by atoms with van der Waals surface area (Å²) in [6, 6.07) is 4.30. The highest BCUT2D eigenvalue weighted by Gasteiger charge is 2.34. The summed E-state index contributed by atoms with van der Waals surface area (Å²) in [5.41, 5.74) is 5.07. The molecule has 1 heterocycles. The molecule has 0 radical (unpaired) electrons. The molecule has 1 saturated carbocycles. The molecule has 0 bridgehead atoms. The van der Waals surface area contributed by atoms with Crippen molar-refractivity contribution < 1.29 is 14.2 Å². The fraction of sp³-hybridized carbons (Fsp3) is 0.739. The molecule has 2 aliphatic rings. The first-order chi connectivity index (χ1) is 12.4. The SMILES string of the molecule is Cc1ccc(C2OCC(COC3CC(C)CCC3C(C)C)O2)c(C)c1C. The summed E-state index contributed by atoms with van der Waals surface area (Å²) >= 11 is 0. The Morgan fingerprint density at radius 2 is 1.88 bits per heavy atom. The number of benzene rings is 1. The Kier molecular flexibility index (Phi) is 6.42. The zero-order chi connectivity index (χ0) is 18.8. The number of rotatable bonds is 5. The Labute approximate surface area is 159 Å². The molecule has 0 N–H and O–H groups in total. The minimum Gasteiger partial charge on any atom is -0.375 e. The highest BCUT2D eigenvalue weighted by Crippen LogP contribution is 2.36. The van der Waals surface area contributed by atoms with E-state index in [2.05, 4.69) is 53.7 Å². The monoisotopic (exact) mass is 360 g/mol. The number of hydrogen-bond donors (Lipinski definition) is 0. The maximum Gasteiger partial charge on any atom is 0.184 e. The lowest BCUT2D eigenvalue weighted by atomic mass is 9.75. The number of hydrogen-bond acceptors (Lipinski definition) is 3. The molecule has 146 valence electrons. The molecule has 2 fully saturated rings. The van der Waals surface area contributed by atoms with Crippen LogP contribution in [0.2, 0.25) is 0 Å². The van der Waals surface area contributed by atoms with Crippen molar-refractivity contribution in [3.63, 3.8) is 0 Å². The standard InChI is InChI=1S/C23H36O3/c1-14(2)20-9-7-15(3)11-22(20)24-12-19-13-25-23(26-19)21-10-8-16(4)17(5)18(21)6/h8,10,14-15,19-20,22-23H,7,9,11-13H2,1-6H3. The highest BCUT2D eigenvalue weighted by atomic mass is 16.7. The van der Waals surface area contributed by atoms with E-state index in [-0.39, 0.29) is 12.4 Å². The Morgan fingerprint density at radius 1 is 1.12 bits per heavy atom. The van der Waals surface area contributed by atoms with Crippen LogP contribution in [-0.2, 0) is 14.2 Å². The predicted molar refractivity (Wildman–Crippen MR) is 105 cm³/mol. The lowest BCUT2D eigenvalue weighted by molar-refractivity contribution is -0.0995. The van der Waals surface area contributed by atoms with E-state index in [0.29, 0.717) is 31.2 Å². The van der Waals surface area contributed by atoms with E-state index >= 15 is 0 Å². The first-order valence-corrected chi connectivity index (χ1v) is 10.3. The van der Waals surface area contributed by atoms with E-state index in [4.69, 9.17) is 14.2 Å². The van der Waals surface area contributed by atoms with Gasteiger partial charge in [-0.3, -0.25) is 0 Å². The van der Waals surface area contributed by atoms with Crippen molar-refractivity contribution in [2.45, 2.75) is 79.3 Å². The molecule has 5 unspecified atom stereocenters. The van der Waals surface area contributed by atoms with Crippen LogP contribution < -0.4 is 0 Å². The molecule has 3 nitrogen and oxygen atoms in total. The van der Waals surface area contributed by atoms with Gasteiger partial charge in [0.15, 0.2) is 6.29 Å². The second-order valence-electron chi connectivity index (χ2n) is 8.84. The summed E-state index contributed by atoms with van der Waals surface area (Å²) in [6.07, 6.45) is 3.94. The van der Waals surface area contributed by atoms with Gasteiger partial charge in [0.1, 0.15) is 6.10 Å². The van der Waals surface area contributed by atoms with Crippen molar-refractivity contribution in [2.24, 2.45) is 17.8 Å². The van der Waals surface area contributed by atoms with Crippen LogP contribution in [0.1, 0.15) is 68.6 Å². The second kappa shape index (κ2) is 8.41. The van der Waals surface area contributed by atoms with Crippen molar-refractivity contribution in [3.8, 4) is 0 Å². The second-order valence-corrected chi connectivity index (χ2v) is 8.84. The van der Waals surface area contributed by atoms with Gasteiger partial charge in [-0.25, -0.2) is 0 Å². The molecule has 1 aromatic carbocycles. The van der Waals surface area contributed by atoms with Crippen LogP contribution in [0.3, 0.4) is 0 Å². The largest absolute Gasteiger partial charge is 0.375 e. The van der Waals surface area contributed by atoms with Crippen LogP contribution in [0, 0.1) is 38.5 Å². The first-order valence-electron chi connectivity index (χ1n) is 10.3. The van der Waals surface area contributed by atoms with Gasteiger partial charge in [0, 0.05) is 5.56 Å². The van der Waals surface area contributed by atoms with E-state index in [1.165, 1.54) is 36.0 Å². The van der Waals surface area contributed by atoms with Gasteiger partial charge in [0.25, 0.3) is 0 Å². The van der Waals surface area contributed by atoms with E-state index in [0.717, 1.165) is 11.5 Å². The van der Waals surface area contributed by atoms with Crippen LogP contribution in [-0.4, -0.2) is 25.4 Å². The molecule has 3 rings (SSSR count). The van der Waals surface area contributed by atoms with Crippen LogP contribution in [0.4, 0.5) is 0 Å². The summed E-state index contributed by atoms with van der Waals surface area (Å²) in [4.78, 5) is 0. The van der Waals surface area contributed by atoms with Gasteiger partial charge < -0.3 is 14.2 Å². The molecule has 0 aromatic heterocycles. The van der Waals surface area contributed by atoms with E-state index < -0.39 is 0 Å². The minimum absolute atomic E-state index is 0.0334. The van der Waals surface area contributed by atoms with Crippen LogP contribution >= 0.6 is 0 Å². The Morgan fingerprint density at radius 3 is 2.62 bits per heavy atom. The van der Waals surface area contributed by atoms with Crippen molar-refractivity contribution in [2.75, 3.05) is 13.2 Å². The lowest BCUT2D eigenvalue weighted by Gasteiger charge is -2.37. The molecule has 1 aromatic rings. The third kappa shape index (κ3) is 4.32. The normalized spacial score (nSPS) is 32.3. The highest BCUT2D eigenvalue weighted by molar-refractivity contribution is 5.39. The summed E-state index contributed by atoms with van der Waals surface area (Å²) in [5.74, 6) is 2.12. The van der Waals surface area contributed by atoms with Crippen LogP contribution in [0.5, 0.6) is 0 Å². The van der Waals surface area contributed by atoms with Gasteiger partial charge in [-0.05, 0) is 68.1 Å². The molecule has 1 aliphatic carbocycles. The van der Waals surface area contributed by atoms with Gasteiger partial charge in [-0.15, -0.1) is 0 Å². The molecule has 3 heteroatoms. The summed E-state index contributed by atoms with van der Waals surface area (Å²) in [7, 11) is 0. The van der Waals surface area contributed by atoms with Gasteiger partial charge in [0.2, 0.25) is 0 Å². The van der Waals surface area contributed by atoms with Crippen molar-refractivity contribution >= 4 is 0 Å². The average Bonchev–Trinajstić information content (AvgIpc) is 3.06. The predicted octanol–water partition coefficient (Wildman–Crippen LogP) is 5.50. The molecule has 0 amide bonds.